The molecule has 1 aromatic carbocycles. The molecule has 0 atom stereocenters. The minimum absolute atomic E-state index is 0.0950. The topological polar surface area (TPSA) is 75.9 Å². The van der Waals surface area contributed by atoms with E-state index in [-0.39, 0.29) is 17.5 Å². The van der Waals surface area contributed by atoms with Gasteiger partial charge in [0.15, 0.2) is 0 Å². The number of pyridine rings is 1. The first kappa shape index (κ1) is 22.5. The van der Waals surface area contributed by atoms with Crippen molar-refractivity contribution in [2.75, 3.05) is 26.7 Å². The van der Waals surface area contributed by atoms with E-state index in [0.29, 0.717) is 11.5 Å². The summed E-state index contributed by atoms with van der Waals surface area (Å²) in [5.41, 5.74) is 1.08. The molecular formula is C24H29N3O4S. The molecule has 3 heterocycles. The molecule has 1 fully saturated rings. The Bertz CT molecular complexity index is 1080. The summed E-state index contributed by atoms with van der Waals surface area (Å²) in [5.74, 6) is 1.16. The van der Waals surface area contributed by atoms with E-state index in [0.717, 1.165) is 44.6 Å². The van der Waals surface area contributed by atoms with Gasteiger partial charge >= 0.3 is 0 Å². The monoisotopic (exact) mass is 455 g/mol. The quantitative estimate of drug-likeness (QED) is 0.491. The lowest BCUT2D eigenvalue weighted by Gasteiger charge is -2.37. The fraction of sp³-hybridized carbons (Fsp3) is 0.375. The van der Waals surface area contributed by atoms with E-state index in [2.05, 4.69) is 9.88 Å². The summed E-state index contributed by atoms with van der Waals surface area (Å²) >= 11 is 0. The van der Waals surface area contributed by atoms with Crippen LogP contribution in [0.1, 0.15) is 24.3 Å². The number of rotatable bonds is 9. The molecule has 0 bridgehead atoms. The number of likely N-dealkylation sites (tertiary alicyclic amines) is 1. The van der Waals surface area contributed by atoms with Crippen molar-refractivity contribution < 1.29 is 17.6 Å². The van der Waals surface area contributed by atoms with Crippen molar-refractivity contribution in [3.05, 3.63) is 78.5 Å². The molecule has 0 aliphatic carbocycles. The Morgan fingerprint density at radius 1 is 1.12 bits per heavy atom. The second-order valence-corrected chi connectivity index (χ2v) is 9.84. The minimum Gasteiger partial charge on any atom is -0.497 e. The predicted octanol–water partition coefficient (Wildman–Crippen LogP) is 3.58. The van der Waals surface area contributed by atoms with Crippen LogP contribution in [-0.2, 0) is 23.0 Å². The van der Waals surface area contributed by atoms with Crippen LogP contribution in [0.3, 0.4) is 0 Å². The van der Waals surface area contributed by atoms with Crippen molar-refractivity contribution in [2.24, 2.45) is 0 Å². The van der Waals surface area contributed by atoms with Crippen LogP contribution in [0.4, 0.5) is 0 Å². The summed E-state index contributed by atoms with van der Waals surface area (Å²) < 4.78 is 39.6. The molecule has 0 N–H and O–H groups in total. The van der Waals surface area contributed by atoms with Crippen LogP contribution < -0.4 is 4.74 Å². The van der Waals surface area contributed by atoms with E-state index in [4.69, 9.17) is 9.15 Å². The molecule has 170 valence electrons. The van der Waals surface area contributed by atoms with E-state index < -0.39 is 10.0 Å². The van der Waals surface area contributed by atoms with E-state index in [1.54, 1.807) is 40.9 Å². The molecule has 32 heavy (non-hydrogen) atoms. The third-order valence-electron chi connectivity index (χ3n) is 5.91. The summed E-state index contributed by atoms with van der Waals surface area (Å²) in [6, 6.07) is 16.1. The smallest absolute Gasteiger partial charge is 0.243 e. The minimum atomic E-state index is -3.72. The number of piperidine rings is 1. The van der Waals surface area contributed by atoms with Gasteiger partial charge in [0.25, 0.3) is 0 Å². The van der Waals surface area contributed by atoms with E-state index in [9.17, 15) is 8.42 Å². The first-order valence-electron chi connectivity index (χ1n) is 10.9. The Kier molecular flexibility index (Phi) is 7.24. The Morgan fingerprint density at radius 2 is 1.97 bits per heavy atom. The predicted molar refractivity (Wildman–Crippen MR) is 122 cm³/mol. The molecule has 7 nitrogen and oxygen atoms in total. The molecule has 0 unspecified atom stereocenters. The number of nitrogens with zero attached hydrogens (tertiary/aromatic N) is 3. The van der Waals surface area contributed by atoms with Gasteiger partial charge in [0.2, 0.25) is 10.0 Å². The molecular weight excluding hydrogens is 426 g/mol. The number of benzene rings is 1. The molecule has 4 rings (SSSR count). The van der Waals surface area contributed by atoms with E-state index in [1.165, 1.54) is 7.11 Å². The van der Waals surface area contributed by atoms with E-state index >= 15 is 0 Å². The van der Waals surface area contributed by atoms with E-state index in [1.807, 2.05) is 30.5 Å². The van der Waals surface area contributed by atoms with Gasteiger partial charge in [-0.15, -0.1) is 0 Å². The lowest BCUT2D eigenvalue weighted by Crippen LogP contribution is -2.47. The van der Waals surface area contributed by atoms with Crippen molar-refractivity contribution in [3.8, 4) is 5.75 Å². The Labute approximate surface area is 189 Å². The summed E-state index contributed by atoms with van der Waals surface area (Å²) in [7, 11) is -2.18. The second kappa shape index (κ2) is 10.3. The molecule has 0 radical (unpaired) electrons. The Hall–Kier alpha value is -2.68. The van der Waals surface area contributed by atoms with Crippen molar-refractivity contribution in [1.82, 2.24) is 14.2 Å². The number of hydrogen-bond donors (Lipinski definition) is 0. The Balaban J connectivity index is 1.47. The first-order valence-corrected chi connectivity index (χ1v) is 12.3. The molecule has 1 aliphatic rings. The molecule has 0 spiro atoms. The number of furan rings is 1. The van der Waals surface area contributed by atoms with Gasteiger partial charge in [-0.1, -0.05) is 12.1 Å². The maximum absolute atomic E-state index is 13.6. The van der Waals surface area contributed by atoms with Gasteiger partial charge in [0.1, 0.15) is 11.5 Å². The third-order valence-corrected chi connectivity index (χ3v) is 7.81. The third kappa shape index (κ3) is 5.38. The van der Waals surface area contributed by atoms with Crippen LogP contribution in [0.5, 0.6) is 5.75 Å². The van der Waals surface area contributed by atoms with Gasteiger partial charge in [0.05, 0.1) is 24.8 Å². The largest absolute Gasteiger partial charge is 0.497 e. The van der Waals surface area contributed by atoms with Crippen molar-refractivity contribution in [3.63, 3.8) is 0 Å². The number of ether oxygens (including phenoxy) is 1. The molecule has 0 amide bonds. The van der Waals surface area contributed by atoms with Crippen LogP contribution in [0, 0.1) is 0 Å². The fourth-order valence-corrected chi connectivity index (χ4v) is 5.80. The fourth-order valence-electron chi connectivity index (χ4n) is 4.11. The molecule has 1 saturated heterocycles. The lowest BCUT2D eigenvalue weighted by molar-refractivity contribution is 0.153. The highest BCUT2D eigenvalue weighted by atomic mass is 32.2. The van der Waals surface area contributed by atoms with Gasteiger partial charge in [-0.25, -0.2) is 8.42 Å². The zero-order chi connectivity index (χ0) is 22.4. The normalized spacial score (nSPS) is 15.8. The maximum atomic E-state index is 13.6. The SMILES string of the molecule is COc1cccc(S(=O)(=O)N(Cc2ccco2)C2CCN(CCc3ccccn3)CC2)c1. The Morgan fingerprint density at radius 3 is 2.66 bits per heavy atom. The number of sulfonamides is 1. The van der Waals surface area contributed by atoms with Gasteiger partial charge < -0.3 is 14.1 Å². The summed E-state index contributed by atoms with van der Waals surface area (Å²) in [5, 5.41) is 0. The van der Waals surface area contributed by atoms with Crippen molar-refractivity contribution in [1.29, 1.82) is 0 Å². The van der Waals surface area contributed by atoms with Crippen LogP contribution in [0.15, 0.2) is 76.4 Å². The van der Waals surface area contributed by atoms with Gasteiger partial charge in [-0.05, 0) is 62.3 Å². The lowest BCUT2D eigenvalue weighted by atomic mass is 10.0. The number of hydrogen-bond acceptors (Lipinski definition) is 6. The molecule has 2 aromatic heterocycles. The highest BCUT2D eigenvalue weighted by Crippen LogP contribution is 2.28. The molecule has 3 aromatic rings. The second-order valence-electron chi connectivity index (χ2n) is 7.95. The van der Waals surface area contributed by atoms with Gasteiger partial charge in [-0.3, -0.25) is 4.98 Å². The zero-order valence-corrected chi connectivity index (χ0v) is 19.1. The molecule has 8 heteroatoms. The zero-order valence-electron chi connectivity index (χ0n) is 18.3. The van der Waals surface area contributed by atoms with Crippen molar-refractivity contribution >= 4 is 10.0 Å². The van der Waals surface area contributed by atoms with Gasteiger partial charge in [0, 0.05) is 37.0 Å². The van der Waals surface area contributed by atoms with Crippen LogP contribution in [-0.4, -0.2) is 55.4 Å². The van der Waals surface area contributed by atoms with Gasteiger partial charge in [-0.2, -0.15) is 4.31 Å². The first-order chi connectivity index (χ1) is 15.6. The highest BCUT2D eigenvalue weighted by Gasteiger charge is 2.34. The average molecular weight is 456 g/mol. The summed E-state index contributed by atoms with van der Waals surface area (Å²) in [6.07, 6.45) is 5.82. The van der Waals surface area contributed by atoms with Crippen LogP contribution >= 0.6 is 0 Å². The average Bonchev–Trinajstić information content (AvgIpc) is 3.36. The molecule has 0 saturated carbocycles. The maximum Gasteiger partial charge on any atom is 0.243 e. The summed E-state index contributed by atoms with van der Waals surface area (Å²) in [6.45, 7) is 2.83. The highest BCUT2D eigenvalue weighted by molar-refractivity contribution is 7.89. The number of methoxy groups -OCH3 is 1. The van der Waals surface area contributed by atoms with Crippen LogP contribution in [0.25, 0.3) is 0 Å². The number of aromatic nitrogens is 1. The molecule has 1 aliphatic heterocycles. The van der Waals surface area contributed by atoms with Crippen molar-refractivity contribution in [2.45, 2.75) is 36.7 Å². The standard InChI is InChI=1S/C24H29N3O4S/c1-30-22-7-4-9-24(18-22)32(28,29)27(19-23-8-5-17-31-23)21-11-15-26(16-12-21)14-10-20-6-2-3-13-25-20/h2-9,13,17-18,21H,10-12,14-16,19H2,1H3. The summed E-state index contributed by atoms with van der Waals surface area (Å²) in [4.78, 5) is 7.01. The van der Waals surface area contributed by atoms with Crippen LogP contribution in [0.2, 0.25) is 0 Å².